The molecule has 0 aliphatic carbocycles. The van der Waals surface area contributed by atoms with Crippen LogP contribution in [0.15, 0.2) is 24.4 Å². The van der Waals surface area contributed by atoms with Gasteiger partial charge in [-0.15, -0.1) is 0 Å². The minimum Gasteiger partial charge on any atom is -0.350 e. The number of rotatable bonds is 6. The van der Waals surface area contributed by atoms with Gasteiger partial charge in [0.25, 0.3) is 0 Å². The van der Waals surface area contributed by atoms with E-state index in [9.17, 15) is 0 Å². The molecule has 0 spiro atoms. The molecule has 0 radical (unpaired) electrons. The van der Waals surface area contributed by atoms with Crippen molar-refractivity contribution < 1.29 is 9.05 Å². The van der Waals surface area contributed by atoms with Crippen LogP contribution >= 0.6 is 18.9 Å². The zero-order valence-electron chi connectivity index (χ0n) is 12.2. The van der Waals surface area contributed by atoms with Gasteiger partial charge in [0.15, 0.2) is 0 Å². The van der Waals surface area contributed by atoms with E-state index in [0.29, 0.717) is 19.4 Å². The van der Waals surface area contributed by atoms with Crippen LogP contribution in [-0.4, -0.2) is 24.1 Å². The number of aryl methyl sites for hydroxylation is 1. The Morgan fingerprint density at radius 3 is 2.50 bits per heavy atom. The van der Waals surface area contributed by atoms with E-state index in [2.05, 4.69) is 17.1 Å². The van der Waals surface area contributed by atoms with Crippen LogP contribution in [0.1, 0.15) is 19.4 Å². The number of hydrogen-bond donors (Lipinski definition) is 0. The Hall–Kier alpha value is -0.730. The van der Waals surface area contributed by atoms with E-state index < -0.39 is 7.34 Å². The molecule has 0 N–H and O–H groups in total. The highest BCUT2D eigenvalue weighted by atomic mass is 35.5. The third-order valence-electron chi connectivity index (χ3n) is 3.17. The van der Waals surface area contributed by atoms with Gasteiger partial charge in [-0.3, -0.25) is 0 Å². The number of nitrogens with zero attached hydrogens (tertiary/aromatic N) is 1. The van der Waals surface area contributed by atoms with Crippen molar-refractivity contribution in [3.63, 3.8) is 0 Å². The Kier molecular flexibility index (Phi) is 4.98. The van der Waals surface area contributed by atoms with Crippen LogP contribution in [0.25, 0.3) is 10.9 Å². The molecule has 2 aromatic rings. The number of hydrogen-bond acceptors (Lipinski definition) is 2. The second kappa shape index (κ2) is 6.36. The number of fused-ring (bicyclic) bond motifs is 1. The Labute approximate surface area is 125 Å². The first kappa shape index (κ1) is 15.7. The summed E-state index contributed by atoms with van der Waals surface area (Å²) in [4.78, 5) is 0. The van der Waals surface area contributed by atoms with Gasteiger partial charge in [0.05, 0.1) is 13.2 Å². The van der Waals surface area contributed by atoms with Gasteiger partial charge in [-0.2, -0.15) is 0 Å². The molecule has 0 unspecified atom stereocenters. The second-order valence-corrected chi connectivity index (χ2v) is 7.63. The third kappa shape index (κ3) is 3.29. The monoisotopic (exact) mass is 313 g/mol. The fourth-order valence-corrected chi connectivity index (χ4v) is 4.57. The minimum atomic E-state index is -2.10. The van der Waals surface area contributed by atoms with E-state index in [1.807, 2.05) is 39.1 Å². The minimum absolute atomic E-state index is 0.614. The van der Waals surface area contributed by atoms with Crippen molar-refractivity contribution in [2.24, 2.45) is 7.05 Å². The molecule has 0 aliphatic heterocycles. The summed E-state index contributed by atoms with van der Waals surface area (Å²) in [7, 11) is -0.0717. The van der Waals surface area contributed by atoms with Crippen LogP contribution in [0, 0.1) is 0 Å². The molecule has 0 aliphatic rings. The zero-order valence-corrected chi connectivity index (χ0v) is 13.9. The lowest BCUT2D eigenvalue weighted by Gasteiger charge is -2.23. The van der Waals surface area contributed by atoms with E-state index >= 15 is 0 Å². The quantitative estimate of drug-likeness (QED) is 0.723. The van der Waals surface area contributed by atoms with Crippen molar-refractivity contribution in [1.29, 1.82) is 0 Å². The maximum atomic E-state index is 6.12. The predicted molar refractivity (Wildman–Crippen MR) is 88.9 cm³/mol. The smallest absolute Gasteiger partial charge is 0.121 e. The van der Waals surface area contributed by atoms with Gasteiger partial charge in [-0.25, -0.2) is 0 Å². The molecule has 0 saturated heterocycles. The van der Waals surface area contributed by atoms with E-state index in [-0.39, 0.29) is 0 Å². The largest absolute Gasteiger partial charge is 0.350 e. The summed E-state index contributed by atoms with van der Waals surface area (Å²) in [5.74, 6) is 0. The van der Waals surface area contributed by atoms with Crippen molar-refractivity contribution >= 4 is 36.1 Å². The van der Waals surface area contributed by atoms with E-state index in [0.717, 1.165) is 15.9 Å². The predicted octanol–water partition coefficient (Wildman–Crippen LogP) is 4.68. The topological polar surface area (TPSA) is 23.4 Å². The van der Waals surface area contributed by atoms with E-state index in [4.69, 9.17) is 20.6 Å². The van der Waals surface area contributed by atoms with E-state index in [1.54, 1.807) is 0 Å². The number of halogens is 1. The Morgan fingerprint density at radius 2 is 1.90 bits per heavy atom. The van der Waals surface area contributed by atoms with Crippen molar-refractivity contribution in [2.45, 2.75) is 20.0 Å². The molecule has 0 atom stereocenters. The molecule has 110 valence electrons. The lowest BCUT2D eigenvalue weighted by atomic mass is 10.2. The highest BCUT2D eigenvalue weighted by Gasteiger charge is 2.19. The van der Waals surface area contributed by atoms with Crippen molar-refractivity contribution in [1.82, 2.24) is 4.57 Å². The first-order valence-corrected chi connectivity index (χ1v) is 9.11. The summed E-state index contributed by atoms with van der Waals surface area (Å²) in [6, 6.07) is 5.94. The number of benzene rings is 1. The van der Waals surface area contributed by atoms with Gasteiger partial charge in [-0.1, -0.05) is 17.9 Å². The molecule has 0 fully saturated rings. The van der Waals surface area contributed by atoms with Crippen LogP contribution in [0.5, 0.6) is 0 Å². The van der Waals surface area contributed by atoms with Crippen LogP contribution in [-0.2, 0) is 22.3 Å². The summed E-state index contributed by atoms with van der Waals surface area (Å²) in [5.41, 5.74) is 2.33. The van der Waals surface area contributed by atoms with Crippen LogP contribution < -0.4 is 0 Å². The second-order valence-electron chi connectivity index (χ2n) is 4.73. The Bertz CT molecular complexity index is 641. The maximum absolute atomic E-state index is 6.12. The molecule has 0 saturated carbocycles. The van der Waals surface area contributed by atoms with Gasteiger partial charge in [-0.05, 0) is 37.6 Å². The summed E-state index contributed by atoms with van der Waals surface area (Å²) in [6.45, 7) is 5.17. The fourth-order valence-electron chi connectivity index (χ4n) is 2.43. The van der Waals surface area contributed by atoms with Gasteiger partial charge in [0.1, 0.15) is 7.34 Å². The molecule has 20 heavy (non-hydrogen) atoms. The lowest BCUT2D eigenvalue weighted by Crippen LogP contribution is -1.99. The van der Waals surface area contributed by atoms with Crippen molar-refractivity contribution in [2.75, 3.05) is 13.2 Å². The molecular formula is C15H21ClNO2P. The molecule has 1 heterocycles. The van der Waals surface area contributed by atoms with E-state index in [1.165, 1.54) is 5.56 Å². The lowest BCUT2D eigenvalue weighted by molar-refractivity contribution is 0.264. The molecule has 2 rings (SSSR count). The van der Waals surface area contributed by atoms with Crippen LogP contribution in [0.2, 0.25) is 5.02 Å². The summed E-state index contributed by atoms with van der Waals surface area (Å²) >= 11 is 6.12. The summed E-state index contributed by atoms with van der Waals surface area (Å²) in [6.07, 6.45) is 7.02. The van der Waals surface area contributed by atoms with Gasteiger partial charge >= 0.3 is 0 Å². The zero-order chi connectivity index (χ0) is 14.8. The normalized spacial score (nSPS) is 12.2. The highest BCUT2D eigenvalue weighted by Crippen LogP contribution is 2.51. The van der Waals surface area contributed by atoms with Crippen molar-refractivity contribution in [3.8, 4) is 0 Å². The molecule has 5 heteroatoms. The van der Waals surface area contributed by atoms with Gasteiger partial charge < -0.3 is 13.6 Å². The molecule has 1 aromatic carbocycles. The highest BCUT2D eigenvalue weighted by molar-refractivity contribution is 7.63. The SMILES string of the molecule is C=P(Cc1cn(C)c2ccc(Cl)cc12)(OCC)OCC. The van der Waals surface area contributed by atoms with Crippen molar-refractivity contribution in [3.05, 3.63) is 35.0 Å². The Morgan fingerprint density at radius 1 is 1.25 bits per heavy atom. The summed E-state index contributed by atoms with van der Waals surface area (Å²) in [5, 5.41) is 1.89. The Balaban J connectivity index is 2.42. The molecule has 1 aromatic heterocycles. The summed E-state index contributed by atoms with van der Waals surface area (Å²) < 4.78 is 13.7. The number of aromatic nitrogens is 1. The molecule has 3 nitrogen and oxygen atoms in total. The maximum Gasteiger partial charge on any atom is 0.121 e. The van der Waals surface area contributed by atoms with Gasteiger partial charge in [0.2, 0.25) is 0 Å². The fraction of sp³-hybridized carbons (Fsp3) is 0.400. The molecule has 0 amide bonds. The first-order chi connectivity index (χ1) is 9.49. The average Bonchev–Trinajstić information content (AvgIpc) is 2.66. The molecule has 0 bridgehead atoms. The standard InChI is InChI=1S/C15H21ClNO2P/c1-5-18-20(4,19-6-2)11-12-10-17(3)15-8-7-13(16)9-14(12)15/h7-10H,4-6,11H2,1-3H3. The van der Waals surface area contributed by atoms with Crippen LogP contribution in [0.3, 0.4) is 0 Å². The van der Waals surface area contributed by atoms with Crippen LogP contribution in [0.4, 0.5) is 0 Å². The third-order valence-corrected chi connectivity index (χ3v) is 5.69. The van der Waals surface area contributed by atoms with Gasteiger partial charge in [0, 0.05) is 35.3 Å². The average molecular weight is 314 g/mol. The first-order valence-electron chi connectivity index (χ1n) is 6.74. The molecular weight excluding hydrogens is 293 g/mol.